The monoisotopic (exact) mass is 540 g/mol. The molecule has 1 atom stereocenters. The van der Waals surface area contributed by atoms with Gasteiger partial charge in [-0.25, -0.2) is 0 Å². The van der Waals surface area contributed by atoms with Crippen molar-refractivity contribution in [2.75, 3.05) is 19.4 Å². The molecule has 0 saturated carbocycles. The van der Waals surface area contributed by atoms with Gasteiger partial charge in [0.25, 0.3) is 0 Å². The van der Waals surface area contributed by atoms with Crippen LogP contribution in [-0.2, 0) is 9.47 Å². The van der Waals surface area contributed by atoms with E-state index in [4.69, 9.17) is 9.47 Å². The molecule has 0 amide bonds. The summed E-state index contributed by atoms with van der Waals surface area (Å²) >= 11 is 0. The predicted molar refractivity (Wildman–Crippen MR) is 143 cm³/mol. The standard InChI is InChI=1S/C30H38O2P.BrH/c1(2-14-24-31-30-23-13-15-25-32-30)3-16-26-33(27-17-7-4-8-18-27,28-19-9-5-10-20-28)29-21-11-6-12-22-29;/h4-12,17-22,30H,1-3,13-16,23-26H2;1H/q+1;/p-1. The fourth-order valence-electron chi connectivity index (χ4n) is 4.92. The molecule has 1 fully saturated rings. The van der Waals surface area contributed by atoms with Crippen molar-refractivity contribution in [3.8, 4) is 0 Å². The van der Waals surface area contributed by atoms with Gasteiger partial charge < -0.3 is 26.5 Å². The van der Waals surface area contributed by atoms with Gasteiger partial charge in [-0.05, 0) is 74.9 Å². The lowest BCUT2D eigenvalue weighted by Gasteiger charge is -2.27. The van der Waals surface area contributed by atoms with Crippen molar-refractivity contribution in [3.63, 3.8) is 0 Å². The number of unbranched alkanes of at least 4 members (excludes halogenated alkanes) is 4. The molecule has 34 heavy (non-hydrogen) atoms. The second-order valence-electron chi connectivity index (χ2n) is 8.97. The lowest BCUT2D eigenvalue weighted by Crippen LogP contribution is -3.00. The molecule has 1 unspecified atom stereocenters. The van der Waals surface area contributed by atoms with Crippen LogP contribution in [0.25, 0.3) is 0 Å². The maximum atomic E-state index is 5.90. The van der Waals surface area contributed by atoms with Crippen LogP contribution < -0.4 is 32.9 Å². The minimum atomic E-state index is -1.67. The Morgan fingerprint density at radius 2 is 1.15 bits per heavy atom. The maximum Gasteiger partial charge on any atom is 0.157 e. The van der Waals surface area contributed by atoms with E-state index in [1.54, 1.807) is 0 Å². The third-order valence-electron chi connectivity index (χ3n) is 6.67. The molecule has 1 aliphatic rings. The van der Waals surface area contributed by atoms with Gasteiger partial charge in [0, 0.05) is 13.2 Å². The molecule has 0 aliphatic carbocycles. The third-order valence-corrected chi connectivity index (χ3v) is 11.2. The van der Waals surface area contributed by atoms with E-state index in [0.29, 0.717) is 0 Å². The Labute approximate surface area is 217 Å². The lowest BCUT2D eigenvalue weighted by molar-refractivity contribution is -0.162. The second-order valence-corrected chi connectivity index (χ2v) is 12.6. The minimum Gasteiger partial charge on any atom is -1.00 e. The number of ether oxygens (including phenoxy) is 2. The molecule has 2 nitrogen and oxygen atoms in total. The minimum absolute atomic E-state index is 0. The van der Waals surface area contributed by atoms with Crippen LogP contribution in [0.4, 0.5) is 0 Å². The van der Waals surface area contributed by atoms with Gasteiger partial charge >= 0.3 is 0 Å². The summed E-state index contributed by atoms with van der Waals surface area (Å²) in [6, 6.07) is 33.7. The van der Waals surface area contributed by atoms with Gasteiger partial charge in [-0.2, -0.15) is 0 Å². The molecule has 1 aliphatic heterocycles. The fourth-order valence-corrected chi connectivity index (χ4v) is 9.33. The Bertz CT molecular complexity index is 818. The van der Waals surface area contributed by atoms with Crippen LogP contribution in [-0.4, -0.2) is 25.7 Å². The number of hydrogen-bond acceptors (Lipinski definition) is 2. The van der Waals surface area contributed by atoms with Crippen molar-refractivity contribution in [2.24, 2.45) is 0 Å². The van der Waals surface area contributed by atoms with Crippen LogP contribution in [0, 0.1) is 0 Å². The van der Waals surface area contributed by atoms with Gasteiger partial charge in [-0.3, -0.25) is 0 Å². The first-order valence-electron chi connectivity index (χ1n) is 12.7. The highest BCUT2D eigenvalue weighted by Crippen LogP contribution is 2.55. The Kier molecular flexibility index (Phi) is 11.8. The average molecular weight is 542 g/mol. The molecule has 3 aromatic rings. The average Bonchev–Trinajstić information content (AvgIpc) is 2.90. The molecule has 4 rings (SSSR count). The highest BCUT2D eigenvalue weighted by atomic mass is 79.9. The van der Waals surface area contributed by atoms with Crippen LogP contribution >= 0.6 is 7.26 Å². The van der Waals surface area contributed by atoms with Crippen LogP contribution in [0.3, 0.4) is 0 Å². The molecule has 1 heterocycles. The first-order chi connectivity index (χ1) is 16.4. The van der Waals surface area contributed by atoms with E-state index >= 15 is 0 Å². The summed E-state index contributed by atoms with van der Waals surface area (Å²) in [5.41, 5.74) is 0. The number of rotatable bonds is 12. The molecule has 0 radical (unpaired) electrons. The van der Waals surface area contributed by atoms with E-state index < -0.39 is 7.26 Å². The van der Waals surface area contributed by atoms with Crippen LogP contribution in [0.15, 0.2) is 91.0 Å². The summed E-state index contributed by atoms with van der Waals surface area (Å²) in [6.07, 6.45) is 10.9. The van der Waals surface area contributed by atoms with Crippen molar-refractivity contribution in [3.05, 3.63) is 91.0 Å². The molecule has 0 bridgehead atoms. The topological polar surface area (TPSA) is 18.5 Å². The third kappa shape index (κ3) is 7.25. The Morgan fingerprint density at radius 3 is 1.65 bits per heavy atom. The van der Waals surface area contributed by atoms with Gasteiger partial charge in [-0.1, -0.05) is 67.4 Å². The number of hydrogen-bond donors (Lipinski definition) is 0. The summed E-state index contributed by atoms with van der Waals surface area (Å²) in [7, 11) is -1.67. The molecule has 4 heteroatoms. The van der Waals surface area contributed by atoms with E-state index in [2.05, 4.69) is 91.0 Å². The molecule has 1 saturated heterocycles. The zero-order valence-corrected chi connectivity index (χ0v) is 22.6. The van der Waals surface area contributed by atoms with Crippen molar-refractivity contribution < 1.29 is 26.5 Å². The van der Waals surface area contributed by atoms with E-state index in [0.717, 1.165) is 26.1 Å². The number of halogens is 1. The first kappa shape index (κ1) is 27.1. The largest absolute Gasteiger partial charge is 1.00 e. The Hall–Kier alpha value is -1.51. The first-order valence-corrected chi connectivity index (χ1v) is 14.7. The normalized spacial score (nSPS) is 16.1. The van der Waals surface area contributed by atoms with Gasteiger partial charge in [0.05, 0.1) is 6.16 Å². The fraction of sp³-hybridized carbons (Fsp3) is 0.400. The molecular formula is C30H38BrO2P. The summed E-state index contributed by atoms with van der Waals surface area (Å²) < 4.78 is 11.6. The van der Waals surface area contributed by atoms with E-state index in [1.165, 1.54) is 60.6 Å². The Balaban J connectivity index is 0.00000324. The highest BCUT2D eigenvalue weighted by Gasteiger charge is 2.44. The maximum absolute atomic E-state index is 5.90. The van der Waals surface area contributed by atoms with Crippen molar-refractivity contribution in [1.82, 2.24) is 0 Å². The van der Waals surface area contributed by atoms with Gasteiger partial charge in [0.15, 0.2) is 6.29 Å². The van der Waals surface area contributed by atoms with Gasteiger partial charge in [0.1, 0.15) is 23.2 Å². The predicted octanol–water partition coefficient (Wildman–Crippen LogP) is 3.48. The molecule has 0 aromatic heterocycles. The van der Waals surface area contributed by atoms with E-state index in [-0.39, 0.29) is 23.3 Å². The van der Waals surface area contributed by atoms with Crippen LogP contribution in [0.5, 0.6) is 0 Å². The zero-order chi connectivity index (χ0) is 22.6. The van der Waals surface area contributed by atoms with Crippen molar-refractivity contribution in [2.45, 2.75) is 57.7 Å². The van der Waals surface area contributed by atoms with Gasteiger partial charge in [-0.15, -0.1) is 0 Å². The second kappa shape index (κ2) is 14.8. The number of benzene rings is 3. The van der Waals surface area contributed by atoms with Crippen LogP contribution in [0.1, 0.15) is 51.4 Å². The summed E-state index contributed by atoms with van der Waals surface area (Å²) in [4.78, 5) is 0. The molecule has 0 N–H and O–H groups in total. The van der Waals surface area contributed by atoms with Gasteiger partial charge in [0.2, 0.25) is 0 Å². The van der Waals surface area contributed by atoms with Crippen molar-refractivity contribution in [1.29, 1.82) is 0 Å². The smallest absolute Gasteiger partial charge is 0.157 e. The van der Waals surface area contributed by atoms with Crippen molar-refractivity contribution >= 4 is 23.2 Å². The summed E-state index contributed by atoms with van der Waals surface area (Å²) in [5, 5.41) is 4.47. The van der Waals surface area contributed by atoms with Crippen LogP contribution in [0.2, 0.25) is 0 Å². The Morgan fingerprint density at radius 1 is 0.647 bits per heavy atom. The SMILES string of the molecule is [Br-].c1ccc([P+](CCCCCCCOC2CCCCO2)(c2ccccc2)c2ccccc2)cc1. The molecule has 3 aromatic carbocycles. The molecule has 0 spiro atoms. The summed E-state index contributed by atoms with van der Waals surface area (Å²) in [6.45, 7) is 1.69. The summed E-state index contributed by atoms with van der Waals surface area (Å²) in [5.74, 6) is 0. The molecular weight excluding hydrogens is 503 g/mol. The van der Waals surface area contributed by atoms with E-state index in [9.17, 15) is 0 Å². The quantitative estimate of drug-likeness (QED) is 0.258. The lowest BCUT2D eigenvalue weighted by atomic mass is 10.1. The van der Waals surface area contributed by atoms with E-state index in [1.807, 2.05) is 0 Å². The highest BCUT2D eigenvalue weighted by molar-refractivity contribution is 7.95. The molecule has 182 valence electrons. The zero-order valence-electron chi connectivity index (χ0n) is 20.2.